The zero-order valence-electron chi connectivity index (χ0n) is 34.5. The zero-order valence-corrected chi connectivity index (χ0v) is 34.5. The Labute approximate surface area is 321 Å². The molecule has 18 atom stereocenters. The number of likely N-dealkylation sites (N-methyl/N-ethyl adjacent to an activating group) is 1. The Balaban J connectivity index is 2.20. The van der Waals surface area contributed by atoms with Crippen LogP contribution in [0, 0.1) is 23.7 Å². The summed E-state index contributed by atoms with van der Waals surface area (Å²) in [6.45, 7) is 18.4. The highest BCUT2D eigenvalue weighted by atomic mass is 16.7. The van der Waals surface area contributed by atoms with Crippen molar-refractivity contribution in [1.29, 1.82) is 0 Å². The van der Waals surface area contributed by atoms with E-state index in [1.54, 1.807) is 34.6 Å². The van der Waals surface area contributed by atoms with Crippen LogP contribution >= 0.6 is 0 Å². The molecule has 0 aromatic carbocycles. The fraction of sp³-hybridized carbons (Fsp3) is 0.923. The van der Waals surface area contributed by atoms with Gasteiger partial charge in [-0.2, -0.15) is 0 Å². The van der Waals surface area contributed by atoms with E-state index in [4.69, 9.17) is 28.4 Å². The van der Waals surface area contributed by atoms with Crippen molar-refractivity contribution in [2.75, 3.05) is 27.7 Å². The van der Waals surface area contributed by atoms with Crippen LogP contribution in [0.4, 0.5) is 0 Å². The minimum Gasteiger partial charge on any atom is -0.459 e. The molecule has 0 amide bonds. The second-order valence-corrected chi connectivity index (χ2v) is 17.2. The van der Waals surface area contributed by atoms with Crippen LogP contribution in [0.2, 0.25) is 0 Å². The Morgan fingerprint density at radius 3 is 2.13 bits per heavy atom. The summed E-state index contributed by atoms with van der Waals surface area (Å²) >= 11 is 0. The van der Waals surface area contributed by atoms with Crippen molar-refractivity contribution in [3.8, 4) is 0 Å². The number of methoxy groups -OCH3 is 1. The van der Waals surface area contributed by atoms with Gasteiger partial charge in [-0.3, -0.25) is 9.59 Å². The summed E-state index contributed by atoms with van der Waals surface area (Å²) in [6.07, 6.45) is -9.66. The standard InChI is InChI=1S/C39H70N2O13/c1-20-18-37(7,47)34(54-36-30(43)26(41(11)12)17-21(2)50-36)23(4)31(53-28-19-38(8,49-13)33(45)25(6)51-28)24(5)35(46)52-27(15-14-16-40-10)39(9,48)32(44)22(3)29(20)42/h20-28,30-34,36,43-45,47-48H,10,14-19H2,1-9,11-13H3/t20-,21?,22+,23+,24-,25?,26?,27-,28?,30?,31+,32-,33?,34-,36?,37-,38?,39-/m1/s1. The van der Waals surface area contributed by atoms with Crippen molar-refractivity contribution in [2.24, 2.45) is 28.7 Å². The molecule has 8 unspecified atom stereocenters. The lowest BCUT2D eigenvalue weighted by Gasteiger charge is -2.49. The van der Waals surface area contributed by atoms with Crippen LogP contribution in [0.25, 0.3) is 0 Å². The average Bonchev–Trinajstić information content (AvgIpc) is 3.09. The monoisotopic (exact) mass is 774 g/mol. The largest absolute Gasteiger partial charge is 0.459 e. The number of carbonyl (C=O) groups is 2. The Kier molecular flexibility index (Phi) is 16.2. The molecular formula is C39H70N2O13. The summed E-state index contributed by atoms with van der Waals surface area (Å²) in [5.74, 6) is -5.14. The molecule has 3 saturated heterocycles. The van der Waals surface area contributed by atoms with Crippen LogP contribution in [0.1, 0.15) is 94.4 Å². The number of hydrogen-bond donors (Lipinski definition) is 5. The van der Waals surface area contributed by atoms with Crippen molar-refractivity contribution in [1.82, 2.24) is 4.90 Å². The Morgan fingerprint density at radius 1 is 0.926 bits per heavy atom. The third-order valence-electron chi connectivity index (χ3n) is 12.2. The van der Waals surface area contributed by atoms with Gasteiger partial charge in [-0.15, -0.1) is 0 Å². The minimum absolute atomic E-state index is 0.0793. The van der Waals surface area contributed by atoms with Gasteiger partial charge in [0.15, 0.2) is 12.6 Å². The van der Waals surface area contributed by atoms with E-state index in [9.17, 15) is 35.1 Å². The van der Waals surface area contributed by atoms with Crippen molar-refractivity contribution >= 4 is 18.5 Å². The number of Topliss-reactive ketones (excluding diaryl/α,β-unsaturated/α-hetero) is 1. The summed E-state index contributed by atoms with van der Waals surface area (Å²) < 4.78 is 37.3. The molecule has 3 aliphatic rings. The lowest BCUT2D eigenvalue weighted by molar-refractivity contribution is -0.318. The summed E-state index contributed by atoms with van der Waals surface area (Å²) in [6, 6.07) is -0.336. The van der Waals surface area contributed by atoms with Crippen molar-refractivity contribution < 1.29 is 63.5 Å². The molecule has 0 aromatic heterocycles. The number of ketones is 1. The van der Waals surface area contributed by atoms with Crippen LogP contribution in [0.5, 0.6) is 0 Å². The zero-order chi connectivity index (χ0) is 41.1. The summed E-state index contributed by atoms with van der Waals surface area (Å²) in [5.41, 5.74) is -4.94. The van der Waals surface area contributed by atoms with E-state index in [-0.39, 0.29) is 31.4 Å². The first kappa shape index (κ1) is 46.8. The number of nitrogens with zero attached hydrogens (tertiary/aromatic N) is 2. The number of rotatable bonds is 10. The van der Waals surface area contributed by atoms with E-state index in [0.29, 0.717) is 19.4 Å². The fourth-order valence-electron chi connectivity index (χ4n) is 8.65. The van der Waals surface area contributed by atoms with Gasteiger partial charge >= 0.3 is 5.97 Å². The first-order valence-electron chi connectivity index (χ1n) is 19.4. The molecule has 0 radical (unpaired) electrons. The van der Waals surface area contributed by atoms with Gasteiger partial charge in [0.25, 0.3) is 0 Å². The van der Waals surface area contributed by atoms with E-state index in [2.05, 4.69) is 11.7 Å². The third kappa shape index (κ3) is 10.5. The number of carbonyl (C=O) groups excluding carboxylic acids is 2. The van der Waals surface area contributed by atoms with Crippen LogP contribution in [0.3, 0.4) is 0 Å². The van der Waals surface area contributed by atoms with E-state index in [1.165, 1.54) is 27.9 Å². The third-order valence-corrected chi connectivity index (χ3v) is 12.2. The molecule has 15 nitrogen and oxygen atoms in total. The first-order chi connectivity index (χ1) is 24.9. The van der Waals surface area contributed by atoms with E-state index >= 15 is 0 Å². The lowest BCUT2D eigenvalue weighted by Crippen LogP contribution is -2.61. The van der Waals surface area contributed by atoms with Gasteiger partial charge in [-0.1, -0.05) is 20.8 Å². The normalized spacial score (nSPS) is 47.6. The molecule has 15 heteroatoms. The predicted molar refractivity (Wildman–Crippen MR) is 200 cm³/mol. The maximum atomic E-state index is 14.3. The SMILES string of the molecule is C=NCCC[C@H]1OC(=O)[C@H](C)[C@@H](OC2CC(C)(OC)C(O)C(C)O2)[C@H](C)[C@@H](OC2OC(C)CC(N(C)C)C2O)[C@](C)(O)C[C@@H](C)C(=O)[C@H](C)[C@@H](O)[C@]1(C)O. The van der Waals surface area contributed by atoms with Gasteiger partial charge in [0, 0.05) is 43.9 Å². The quantitative estimate of drug-likeness (QED) is 0.122. The van der Waals surface area contributed by atoms with Gasteiger partial charge in [-0.25, -0.2) is 0 Å². The number of aliphatic imine (C=N–C) groups is 1. The second-order valence-electron chi connectivity index (χ2n) is 17.2. The van der Waals surface area contributed by atoms with Crippen molar-refractivity contribution in [3.05, 3.63) is 0 Å². The average molecular weight is 775 g/mol. The van der Waals surface area contributed by atoms with Gasteiger partial charge < -0.3 is 63.8 Å². The summed E-state index contributed by atoms with van der Waals surface area (Å²) in [4.78, 5) is 34.0. The maximum absolute atomic E-state index is 14.3. The van der Waals surface area contributed by atoms with Crippen LogP contribution in [0.15, 0.2) is 4.99 Å². The molecule has 0 aromatic rings. The second kappa shape index (κ2) is 18.8. The molecule has 314 valence electrons. The van der Waals surface area contributed by atoms with Crippen LogP contribution < -0.4 is 0 Å². The molecule has 0 aliphatic carbocycles. The van der Waals surface area contributed by atoms with E-state index in [1.807, 2.05) is 25.9 Å². The molecule has 3 fully saturated rings. The highest BCUT2D eigenvalue weighted by molar-refractivity contribution is 5.83. The van der Waals surface area contributed by atoms with E-state index in [0.717, 1.165) is 0 Å². The number of aliphatic hydroxyl groups is 5. The Morgan fingerprint density at radius 2 is 1.56 bits per heavy atom. The number of ether oxygens (including phenoxy) is 6. The first-order valence-corrected chi connectivity index (χ1v) is 19.4. The van der Waals surface area contributed by atoms with Crippen LogP contribution in [-0.2, 0) is 38.0 Å². The number of aliphatic hydroxyl groups excluding tert-OH is 3. The van der Waals surface area contributed by atoms with Gasteiger partial charge in [-0.05, 0) is 88.0 Å². The number of esters is 1. The molecule has 5 N–H and O–H groups in total. The summed E-state index contributed by atoms with van der Waals surface area (Å²) in [7, 11) is 5.17. The van der Waals surface area contributed by atoms with Gasteiger partial charge in [0.05, 0.1) is 47.6 Å². The molecule has 3 heterocycles. The molecule has 3 aliphatic heterocycles. The Hall–Kier alpha value is -1.63. The number of hydrogen-bond acceptors (Lipinski definition) is 15. The number of cyclic esters (lactones) is 1. The molecule has 3 rings (SSSR count). The van der Waals surface area contributed by atoms with Crippen LogP contribution in [-0.4, -0.2) is 161 Å². The van der Waals surface area contributed by atoms with Gasteiger partial charge in [0.2, 0.25) is 0 Å². The van der Waals surface area contributed by atoms with Crippen molar-refractivity contribution in [2.45, 2.75) is 179 Å². The van der Waals surface area contributed by atoms with E-state index < -0.39 is 108 Å². The predicted octanol–water partition coefficient (Wildman–Crippen LogP) is 1.86. The Bertz CT molecular complexity index is 1250. The molecule has 0 bridgehead atoms. The summed E-state index contributed by atoms with van der Waals surface area (Å²) in [5, 5.41) is 58.2. The molecule has 0 saturated carbocycles. The van der Waals surface area contributed by atoms with Crippen molar-refractivity contribution in [3.63, 3.8) is 0 Å². The fourth-order valence-corrected chi connectivity index (χ4v) is 8.65. The van der Waals surface area contributed by atoms with Gasteiger partial charge in [0.1, 0.15) is 29.7 Å². The minimum atomic E-state index is -2.06. The highest BCUT2D eigenvalue weighted by Crippen LogP contribution is 2.41. The smallest absolute Gasteiger partial charge is 0.311 e. The molecular weight excluding hydrogens is 704 g/mol. The molecule has 0 spiro atoms. The maximum Gasteiger partial charge on any atom is 0.311 e. The topological polar surface area (TPSA) is 206 Å². The molecule has 54 heavy (non-hydrogen) atoms. The lowest BCUT2D eigenvalue weighted by atomic mass is 9.74. The highest BCUT2D eigenvalue weighted by Gasteiger charge is 2.53.